The number of allylic oxidation sites excluding steroid dienone is 2. The summed E-state index contributed by atoms with van der Waals surface area (Å²) in [5.74, 6) is 2.73. The number of aryl methyl sites for hydroxylation is 2. The van der Waals surface area contributed by atoms with E-state index in [2.05, 4.69) is 6.08 Å². The minimum Gasteiger partial charge on any atom is -0.508 e. The van der Waals surface area contributed by atoms with Crippen molar-refractivity contribution >= 4 is 0 Å². The molecule has 0 spiro atoms. The second-order valence-corrected chi connectivity index (χ2v) is 6.38. The molecule has 0 saturated heterocycles. The third-order valence-corrected chi connectivity index (χ3v) is 4.11. The highest BCUT2D eigenvalue weighted by Crippen LogP contribution is 2.29. The fourth-order valence-corrected chi connectivity index (χ4v) is 2.78. The van der Waals surface area contributed by atoms with Gasteiger partial charge in [-0.1, -0.05) is 0 Å². The molecule has 4 nitrogen and oxygen atoms in total. The van der Waals surface area contributed by atoms with Gasteiger partial charge in [0.2, 0.25) is 0 Å². The molecule has 1 unspecified atom stereocenters. The van der Waals surface area contributed by atoms with Crippen LogP contribution in [0.2, 0.25) is 0 Å². The van der Waals surface area contributed by atoms with Gasteiger partial charge < -0.3 is 19.7 Å². The molecule has 1 atom stereocenters. The van der Waals surface area contributed by atoms with Crippen LogP contribution in [0.4, 0.5) is 0 Å². The zero-order chi connectivity index (χ0) is 18.0. The second kappa shape index (κ2) is 6.93. The van der Waals surface area contributed by atoms with Gasteiger partial charge in [0.05, 0.1) is 0 Å². The summed E-state index contributed by atoms with van der Waals surface area (Å²) in [4.78, 5) is 0. The van der Waals surface area contributed by atoms with Crippen LogP contribution in [0.25, 0.3) is 0 Å². The molecule has 3 rings (SSSR count). The lowest BCUT2D eigenvalue weighted by molar-refractivity contribution is 0.225. The van der Waals surface area contributed by atoms with E-state index in [9.17, 15) is 10.2 Å². The van der Waals surface area contributed by atoms with Gasteiger partial charge in [0, 0.05) is 6.42 Å². The molecule has 1 aliphatic rings. The third kappa shape index (κ3) is 4.15. The largest absolute Gasteiger partial charge is 0.508 e. The highest BCUT2D eigenvalue weighted by atomic mass is 16.5. The SMILES string of the molecule is CC1=CC(Oc2ccc(O)c(C)c2)CC(Oc2ccc(O)c(C)c2)=C1. The Morgan fingerprint density at radius 2 is 1.48 bits per heavy atom. The van der Waals surface area contributed by atoms with Crippen molar-refractivity contribution in [1.82, 2.24) is 0 Å². The Morgan fingerprint density at radius 3 is 2.12 bits per heavy atom. The predicted octanol–water partition coefficient (Wildman–Crippen LogP) is 4.77. The fourth-order valence-electron chi connectivity index (χ4n) is 2.78. The lowest BCUT2D eigenvalue weighted by atomic mass is 10.0. The van der Waals surface area contributed by atoms with Crippen molar-refractivity contribution < 1.29 is 19.7 Å². The van der Waals surface area contributed by atoms with E-state index < -0.39 is 0 Å². The molecule has 25 heavy (non-hydrogen) atoms. The van der Waals surface area contributed by atoms with Gasteiger partial charge in [0.1, 0.15) is 34.9 Å². The molecule has 1 aliphatic carbocycles. The molecule has 130 valence electrons. The van der Waals surface area contributed by atoms with Crippen LogP contribution in [0.15, 0.2) is 59.9 Å². The van der Waals surface area contributed by atoms with Crippen LogP contribution >= 0.6 is 0 Å². The average Bonchev–Trinajstić information content (AvgIpc) is 2.54. The van der Waals surface area contributed by atoms with Crippen molar-refractivity contribution in [2.45, 2.75) is 33.3 Å². The Labute approximate surface area is 147 Å². The monoisotopic (exact) mass is 338 g/mol. The van der Waals surface area contributed by atoms with E-state index in [1.54, 1.807) is 24.3 Å². The molecule has 0 radical (unpaired) electrons. The number of benzene rings is 2. The molecule has 0 aromatic heterocycles. The van der Waals surface area contributed by atoms with Gasteiger partial charge in [-0.3, -0.25) is 0 Å². The Morgan fingerprint density at radius 1 is 0.880 bits per heavy atom. The van der Waals surface area contributed by atoms with Gasteiger partial charge in [-0.15, -0.1) is 0 Å². The molecule has 0 saturated carbocycles. The summed E-state index contributed by atoms with van der Waals surface area (Å²) in [6, 6.07) is 10.4. The van der Waals surface area contributed by atoms with Gasteiger partial charge in [-0.25, -0.2) is 0 Å². The first-order valence-corrected chi connectivity index (χ1v) is 8.23. The van der Waals surface area contributed by atoms with Gasteiger partial charge in [0.15, 0.2) is 0 Å². The fraction of sp³-hybridized carbons (Fsp3) is 0.238. The number of phenols is 2. The molecule has 4 heteroatoms. The normalized spacial score (nSPS) is 16.8. The standard InChI is InChI=1S/C21H22O4/c1-13-8-18(24-16-4-6-20(22)14(2)10-16)12-19(9-13)25-17-5-7-21(23)15(3)11-17/h4-11,18,22-23H,12H2,1-3H3. The van der Waals surface area contributed by atoms with Crippen molar-refractivity contribution in [3.8, 4) is 23.0 Å². The topological polar surface area (TPSA) is 58.9 Å². The van der Waals surface area contributed by atoms with E-state index in [1.807, 2.05) is 39.0 Å². The maximum absolute atomic E-state index is 9.63. The summed E-state index contributed by atoms with van der Waals surface area (Å²) in [5.41, 5.74) is 2.62. The predicted molar refractivity (Wildman–Crippen MR) is 97.2 cm³/mol. The molecule has 0 aliphatic heterocycles. The number of hydrogen-bond acceptors (Lipinski definition) is 4. The zero-order valence-electron chi connectivity index (χ0n) is 14.6. The van der Waals surface area contributed by atoms with E-state index in [0.29, 0.717) is 17.9 Å². The van der Waals surface area contributed by atoms with Crippen LogP contribution in [0.3, 0.4) is 0 Å². The molecule has 2 aromatic carbocycles. The number of hydrogen-bond donors (Lipinski definition) is 2. The highest BCUT2D eigenvalue weighted by molar-refractivity contribution is 5.41. The molecule has 2 N–H and O–H groups in total. The van der Waals surface area contributed by atoms with Crippen molar-refractivity contribution in [2.24, 2.45) is 0 Å². The summed E-state index contributed by atoms with van der Waals surface area (Å²) in [6.45, 7) is 5.68. The zero-order valence-corrected chi connectivity index (χ0v) is 14.6. The molecule has 0 fully saturated rings. The summed E-state index contributed by atoms with van der Waals surface area (Å²) < 4.78 is 12.0. The minimum absolute atomic E-state index is 0.137. The van der Waals surface area contributed by atoms with Gasteiger partial charge >= 0.3 is 0 Å². The Kier molecular flexibility index (Phi) is 4.70. The maximum atomic E-state index is 9.63. The summed E-state index contributed by atoms with van der Waals surface area (Å²) >= 11 is 0. The van der Waals surface area contributed by atoms with Crippen LogP contribution in [-0.2, 0) is 0 Å². The lowest BCUT2D eigenvalue weighted by Gasteiger charge is -2.22. The molecule has 2 aromatic rings. The average molecular weight is 338 g/mol. The summed E-state index contributed by atoms with van der Waals surface area (Å²) in [7, 11) is 0. The van der Waals surface area contributed by atoms with Crippen LogP contribution in [0, 0.1) is 13.8 Å². The number of phenolic OH excluding ortho intramolecular Hbond substituents is 2. The quantitative estimate of drug-likeness (QED) is 0.843. The highest BCUT2D eigenvalue weighted by Gasteiger charge is 2.18. The van der Waals surface area contributed by atoms with Crippen molar-refractivity contribution in [2.75, 3.05) is 0 Å². The summed E-state index contributed by atoms with van der Waals surface area (Å²) in [6.07, 6.45) is 4.51. The van der Waals surface area contributed by atoms with Gasteiger partial charge in [0.25, 0.3) is 0 Å². The van der Waals surface area contributed by atoms with E-state index in [4.69, 9.17) is 9.47 Å². The van der Waals surface area contributed by atoms with E-state index in [1.165, 1.54) is 0 Å². The first-order valence-electron chi connectivity index (χ1n) is 8.23. The molecular weight excluding hydrogens is 316 g/mol. The minimum atomic E-state index is -0.137. The number of aromatic hydroxyl groups is 2. The van der Waals surface area contributed by atoms with Crippen LogP contribution in [0.5, 0.6) is 23.0 Å². The van der Waals surface area contributed by atoms with Crippen molar-refractivity contribution in [3.05, 3.63) is 71.0 Å². The second-order valence-electron chi connectivity index (χ2n) is 6.38. The van der Waals surface area contributed by atoms with E-state index in [0.717, 1.165) is 22.5 Å². The number of ether oxygens (including phenoxy) is 2. The summed E-state index contributed by atoms with van der Waals surface area (Å²) in [5, 5.41) is 19.2. The van der Waals surface area contributed by atoms with E-state index in [-0.39, 0.29) is 17.6 Å². The maximum Gasteiger partial charge on any atom is 0.127 e. The lowest BCUT2D eigenvalue weighted by Crippen LogP contribution is -2.19. The van der Waals surface area contributed by atoms with Crippen LogP contribution in [0.1, 0.15) is 24.5 Å². The number of rotatable bonds is 4. The Balaban J connectivity index is 1.71. The first-order chi connectivity index (χ1) is 11.9. The molecule has 0 bridgehead atoms. The van der Waals surface area contributed by atoms with Crippen molar-refractivity contribution in [3.63, 3.8) is 0 Å². The first kappa shape index (κ1) is 17.0. The molecular formula is C21H22O4. The Bertz CT molecular complexity index is 849. The Hall–Kier alpha value is -2.88. The molecule has 0 amide bonds. The third-order valence-electron chi connectivity index (χ3n) is 4.11. The van der Waals surface area contributed by atoms with Crippen molar-refractivity contribution in [1.29, 1.82) is 0 Å². The van der Waals surface area contributed by atoms with Crippen LogP contribution < -0.4 is 9.47 Å². The smallest absolute Gasteiger partial charge is 0.127 e. The van der Waals surface area contributed by atoms with Crippen LogP contribution in [-0.4, -0.2) is 16.3 Å². The van der Waals surface area contributed by atoms with E-state index >= 15 is 0 Å². The molecule has 0 heterocycles. The van der Waals surface area contributed by atoms with Gasteiger partial charge in [-0.2, -0.15) is 0 Å². The van der Waals surface area contributed by atoms with Gasteiger partial charge in [-0.05, 0) is 86.0 Å².